The van der Waals surface area contributed by atoms with Crippen molar-refractivity contribution < 1.29 is 4.18 Å². The largest absolute Gasteiger partial charge is 0.315 e. The molecule has 0 radical (unpaired) electrons. The minimum atomic E-state index is 0.938. The first-order valence-corrected chi connectivity index (χ1v) is 7.07. The zero-order valence-electron chi connectivity index (χ0n) is 9.89. The Kier molecular flexibility index (Phi) is 13.6. The first-order valence-electron chi connectivity index (χ1n) is 6.16. The van der Waals surface area contributed by atoms with Gasteiger partial charge in [0.25, 0.3) is 0 Å². The fraction of sp³-hybridized carbons (Fsp3) is 1.00. The lowest BCUT2D eigenvalue weighted by molar-refractivity contribution is 0.355. The van der Waals surface area contributed by atoms with E-state index in [0.717, 1.165) is 12.4 Å². The van der Waals surface area contributed by atoms with Crippen molar-refractivity contribution in [1.82, 2.24) is 0 Å². The van der Waals surface area contributed by atoms with Gasteiger partial charge in [-0.3, -0.25) is 0 Å². The molecule has 0 aliphatic rings. The molecule has 0 aliphatic heterocycles. The lowest BCUT2D eigenvalue weighted by atomic mass is 10.1. The van der Waals surface area contributed by atoms with Crippen LogP contribution < -0.4 is 0 Å². The van der Waals surface area contributed by atoms with Crippen molar-refractivity contribution in [2.75, 3.05) is 12.4 Å². The highest BCUT2D eigenvalue weighted by Crippen LogP contribution is 2.09. The van der Waals surface area contributed by atoms with Crippen LogP contribution in [0.1, 0.15) is 65.2 Å². The molecule has 0 saturated heterocycles. The summed E-state index contributed by atoms with van der Waals surface area (Å²) in [6, 6.07) is 0. The molecule has 0 aromatic heterocycles. The molecular weight excluding hydrogens is 192 g/mol. The average Bonchev–Trinajstić information content (AvgIpc) is 2.21. The third kappa shape index (κ3) is 12.3. The molecule has 0 atom stereocenters. The van der Waals surface area contributed by atoms with Gasteiger partial charge in [0, 0.05) is 5.75 Å². The van der Waals surface area contributed by atoms with E-state index < -0.39 is 0 Å². The van der Waals surface area contributed by atoms with Crippen LogP contribution in [0.4, 0.5) is 0 Å². The second kappa shape index (κ2) is 13.3. The van der Waals surface area contributed by atoms with E-state index in [0.29, 0.717) is 0 Å². The highest BCUT2D eigenvalue weighted by molar-refractivity contribution is 7.94. The molecule has 0 amide bonds. The molecule has 0 saturated carbocycles. The maximum absolute atomic E-state index is 5.34. The van der Waals surface area contributed by atoms with E-state index in [2.05, 4.69) is 13.8 Å². The molecule has 0 aromatic rings. The topological polar surface area (TPSA) is 9.23 Å². The summed E-state index contributed by atoms with van der Waals surface area (Å²) in [7, 11) is 0. The summed E-state index contributed by atoms with van der Waals surface area (Å²) in [5, 5.41) is 0. The van der Waals surface area contributed by atoms with Gasteiger partial charge in [-0.1, -0.05) is 58.8 Å². The Morgan fingerprint density at radius 2 is 1.36 bits per heavy atom. The number of hydrogen-bond donors (Lipinski definition) is 0. The fourth-order valence-corrected chi connectivity index (χ4v) is 1.84. The van der Waals surface area contributed by atoms with Crippen LogP contribution in [-0.2, 0) is 4.18 Å². The SMILES string of the molecule is CCCCCCCCCCOSCC. The lowest BCUT2D eigenvalue weighted by Gasteiger charge is -2.01. The Hall–Kier alpha value is 0.310. The smallest absolute Gasteiger partial charge is 0.0613 e. The van der Waals surface area contributed by atoms with Crippen LogP contribution in [0.3, 0.4) is 0 Å². The summed E-state index contributed by atoms with van der Waals surface area (Å²) in [5.41, 5.74) is 0. The van der Waals surface area contributed by atoms with E-state index in [1.165, 1.54) is 51.4 Å². The molecule has 86 valence electrons. The Morgan fingerprint density at radius 1 is 0.786 bits per heavy atom. The van der Waals surface area contributed by atoms with Gasteiger partial charge in [0.05, 0.1) is 6.61 Å². The van der Waals surface area contributed by atoms with E-state index in [1.807, 2.05) is 0 Å². The summed E-state index contributed by atoms with van der Waals surface area (Å²) < 4.78 is 5.34. The average molecular weight is 218 g/mol. The van der Waals surface area contributed by atoms with E-state index in [1.54, 1.807) is 12.0 Å². The van der Waals surface area contributed by atoms with Crippen LogP contribution in [0.25, 0.3) is 0 Å². The standard InChI is InChI=1S/C12H26OS/c1-3-5-6-7-8-9-10-11-12-13-14-4-2/h3-12H2,1-2H3. The quantitative estimate of drug-likeness (QED) is 0.363. The van der Waals surface area contributed by atoms with Gasteiger partial charge < -0.3 is 4.18 Å². The van der Waals surface area contributed by atoms with Crippen LogP contribution in [0.2, 0.25) is 0 Å². The molecule has 2 heteroatoms. The van der Waals surface area contributed by atoms with Crippen molar-refractivity contribution in [3.05, 3.63) is 0 Å². The summed E-state index contributed by atoms with van der Waals surface area (Å²) >= 11 is 1.58. The molecule has 0 unspecified atom stereocenters. The fourth-order valence-electron chi connectivity index (χ4n) is 1.44. The van der Waals surface area contributed by atoms with Crippen LogP contribution in [0, 0.1) is 0 Å². The molecule has 0 bridgehead atoms. The van der Waals surface area contributed by atoms with Crippen LogP contribution in [0.5, 0.6) is 0 Å². The highest BCUT2D eigenvalue weighted by Gasteiger charge is 1.91. The van der Waals surface area contributed by atoms with Crippen molar-refractivity contribution >= 4 is 12.0 Å². The third-order valence-corrected chi connectivity index (χ3v) is 2.85. The maximum atomic E-state index is 5.34. The normalized spacial score (nSPS) is 10.7. The lowest BCUT2D eigenvalue weighted by Crippen LogP contribution is -1.88. The third-order valence-electron chi connectivity index (χ3n) is 2.28. The molecule has 14 heavy (non-hydrogen) atoms. The zero-order valence-corrected chi connectivity index (χ0v) is 10.7. The molecule has 0 heterocycles. The molecule has 1 nitrogen and oxygen atoms in total. The zero-order chi connectivity index (χ0) is 10.5. The van der Waals surface area contributed by atoms with Crippen LogP contribution in [-0.4, -0.2) is 12.4 Å². The van der Waals surface area contributed by atoms with E-state index in [-0.39, 0.29) is 0 Å². The summed E-state index contributed by atoms with van der Waals surface area (Å²) in [4.78, 5) is 0. The monoisotopic (exact) mass is 218 g/mol. The molecule has 0 fully saturated rings. The summed E-state index contributed by atoms with van der Waals surface area (Å²) in [6.07, 6.45) is 11.0. The van der Waals surface area contributed by atoms with Crippen molar-refractivity contribution in [3.8, 4) is 0 Å². The summed E-state index contributed by atoms with van der Waals surface area (Å²) in [6.45, 7) is 5.33. The Labute approximate surface area is 94.2 Å². The molecule has 0 N–H and O–H groups in total. The maximum Gasteiger partial charge on any atom is 0.0613 e. The Bertz CT molecular complexity index is 84.3. The van der Waals surface area contributed by atoms with Crippen molar-refractivity contribution in [2.45, 2.75) is 65.2 Å². The van der Waals surface area contributed by atoms with Crippen molar-refractivity contribution in [2.24, 2.45) is 0 Å². The van der Waals surface area contributed by atoms with Crippen molar-refractivity contribution in [1.29, 1.82) is 0 Å². The predicted molar refractivity (Wildman–Crippen MR) is 66.7 cm³/mol. The first-order chi connectivity index (χ1) is 6.91. The van der Waals surface area contributed by atoms with Gasteiger partial charge in [0.15, 0.2) is 0 Å². The van der Waals surface area contributed by atoms with Gasteiger partial charge in [-0.15, -0.1) is 0 Å². The van der Waals surface area contributed by atoms with E-state index >= 15 is 0 Å². The minimum absolute atomic E-state index is 0.938. The number of unbranched alkanes of at least 4 members (excludes halogenated alkanes) is 7. The Balaban J connectivity index is 2.78. The second-order valence-corrected chi connectivity index (χ2v) is 4.75. The van der Waals surface area contributed by atoms with Gasteiger partial charge in [-0.25, -0.2) is 0 Å². The molecule has 0 spiro atoms. The van der Waals surface area contributed by atoms with Gasteiger partial charge >= 0.3 is 0 Å². The van der Waals surface area contributed by atoms with Gasteiger partial charge in [-0.05, 0) is 18.5 Å². The molecule has 0 aromatic carbocycles. The second-order valence-electron chi connectivity index (χ2n) is 3.70. The summed E-state index contributed by atoms with van der Waals surface area (Å²) in [5.74, 6) is 1.07. The molecular formula is C12H26OS. The first kappa shape index (κ1) is 14.3. The predicted octanol–water partition coefficient (Wildman–Crippen LogP) is 4.81. The minimum Gasteiger partial charge on any atom is -0.315 e. The highest BCUT2D eigenvalue weighted by atomic mass is 32.2. The number of rotatable bonds is 11. The van der Waals surface area contributed by atoms with Crippen LogP contribution in [0.15, 0.2) is 0 Å². The van der Waals surface area contributed by atoms with Crippen LogP contribution >= 0.6 is 12.0 Å². The van der Waals surface area contributed by atoms with Gasteiger partial charge in [0.2, 0.25) is 0 Å². The van der Waals surface area contributed by atoms with E-state index in [4.69, 9.17) is 4.18 Å². The molecule has 0 rings (SSSR count). The van der Waals surface area contributed by atoms with Gasteiger partial charge in [0.1, 0.15) is 0 Å². The van der Waals surface area contributed by atoms with Crippen molar-refractivity contribution in [3.63, 3.8) is 0 Å². The van der Waals surface area contributed by atoms with Gasteiger partial charge in [-0.2, -0.15) is 0 Å². The molecule has 0 aliphatic carbocycles. The Morgan fingerprint density at radius 3 is 1.93 bits per heavy atom. The number of hydrogen-bond acceptors (Lipinski definition) is 2. The van der Waals surface area contributed by atoms with E-state index in [9.17, 15) is 0 Å².